The second-order valence-electron chi connectivity index (χ2n) is 3.54. The van der Waals surface area contributed by atoms with Crippen molar-refractivity contribution >= 4 is 0 Å². The maximum absolute atomic E-state index is 13.3. The molecule has 0 bridgehead atoms. The first-order chi connectivity index (χ1) is 8.46. The first-order valence-electron chi connectivity index (χ1n) is 4.94. The average Bonchev–Trinajstić information content (AvgIpc) is 2.80. The Labute approximate surface area is 99.4 Å². The third kappa shape index (κ3) is 2.99. The largest absolute Gasteiger partial charge is 0.481 e. The minimum atomic E-state index is -4.50. The lowest BCUT2D eigenvalue weighted by molar-refractivity contribution is -0.153. The van der Waals surface area contributed by atoms with E-state index < -0.39 is 24.3 Å². The van der Waals surface area contributed by atoms with E-state index in [9.17, 15) is 17.6 Å². The normalized spacial score (nSPS) is 11.6. The summed E-state index contributed by atoms with van der Waals surface area (Å²) in [6.07, 6.45) is -1.49. The molecule has 18 heavy (non-hydrogen) atoms. The quantitative estimate of drug-likeness (QED) is 0.861. The van der Waals surface area contributed by atoms with Gasteiger partial charge in [-0.1, -0.05) is 6.07 Å². The molecule has 2 rings (SSSR count). The van der Waals surface area contributed by atoms with Crippen LogP contribution in [0.2, 0.25) is 0 Å². The van der Waals surface area contributed by atoms with E-state index >= 15 is 0 Å². The number of nitrogens with zero attached hydrogens (tertiary/aromatic N) is 1. The minimum Gasteiger partial charge on any atom is -0.481 e. The summed E-state index contributed by atoms with van der Waals surface area (Å²) >= 11 is 0. The second kappa shape index (κ2) is 4.67. The number of rotatable bonds is 3. The van der Waals surface area contributed by atoms with Crippen LogP contribution in [0.5, 0.6) is 5.75 Å². The van der Waals surface area contributed by atoms with E-state index in [0.717, 1.165) is 6.07 Å². The molecule has 0 fully saturated rings. The lowest BCUT2D eigenvalue weighted by atomic mass is 10.1. The molecule has 0 spiro atoms. The summed E-state index contributed by atoms with van der Waals surface area (Å²) in [5, 5.41) is 6.25. The molecular formula is C11H8F4N2O. The molecule has 3 nitrogen and oxygen atoms in total. The Morgan fingerprint density at radius 2 is 2.00 bits per heavy atom. The molecule has 0 saturated heterocycles. The van der Waals surface area contributed by atoms with Crippen molar-refractivity contribution < 1.29 is 22.3 Å². The summed E-state index contributed by atoms with van der Waals surface area (Å²) < 4.78 is 53.6. The third-order valence-corrected chi connectivity index (χ3v) is 2.15. The van der Waals surface area contributed by atoms with E-state index in [4.69, 9.17) is 0 Å². The van der Waals surface area contributed by atoms with Crippen LogP contribution in [0, 0.1) is 5.82 Å². The molecule has 0 aliphatic heterocycles. The molecule has 0 amide bonds. The molecule has 1 heterocycles. The maximum atomic E-state index is 13.3. The fourth-order valence-electron chi connectivity index (χ4n) is 1.36. The van der Waals surface area contributed by atoms with Gasteiger partial charge in [-0.05, 0) is 17.7 Å². The molecular weight excluding hydrogens is 252 g/mol. The number of ether oxygens (including phenoxy) is 1. The van der Waals surface area contributed by atoms with Crippen LogP contribution in [-0.4, -0.2) is 23.0 Å². The summed E-state index contributed by atoms with van der Waals surface area (Å²) in [5.74, 6) is -1.28. The topological polar surface area (TPSA) is 37.9 Å². The summed E-state index contributed by atoms with van der Waals surface area (Å²) in [6, 6.07) is 3.68. The molecule has 0 radical (unpaired) electrons. The van der Waals surface area contributed by atoms with Crippen LogP contribution in [0.15, 0.2) is 30.6 Å². The number of hydrogen-bond acceptors (Lipinski definition) is 2. The highest BCUT2D eigenvalue weighted by Gasteiger charge is 2.29. The van der Waals surface area contributed by atoms with Gasteiger partial charge in [-0.15, -0.1) is 0 Å². The minimum absolute atomic E-state index is 0.439. The van der Waals surface area contributed by atoms with Gasteiger partial charge in [0, 0.05) is 11.8 Å². The maximum Gasteiger partial charge on any atom is 0.422 e. The highest BCUT2D eigenvalue weighted by molar-refractivity contribution is 5.63. The molecule has 0 aliphatic carbocycles. The number of benzene rings is 1. The number of H-pyrrole nitrogens is 1. The highest BCUT2D eigenvalue weighted by atomic mass is 19.4. The fourth-order valence-corrected chi connectivity index (χ4v) is 1.36. The van der Waals surface area contributed by atoms with Gasteiger partial charge >= 0.3 is 6.18 Å². The number of nitrogens with one attached hydrogen (secondary N) is 1. The summed E-state index contributed by atoms with van der Waals surface area (Å²) in [4.78, 5) is 0. The van der Waals surface area contributed by atoms with Crippen molar-refractivity contribution in [3.8, 4) is 16.9 Å². The van der Waals surface area contributed by atoms with Crippen LogP contribution in [-0.2, 0) is 0 Å². The Bertz CT molecular complexity index is 522. The molecule has 2 aromatic rings. The fraction of sp³-hybridized carbons (Fsp3) is 0.182. The van der Waals surface area contributed by atoms with Crippen molar-refractivity contribution in [3.63, 3.8) is 0 Å². The van der Waals surface area contributed by atoms with E-state index in [1.165, 1.54) is 18.3 Å². The van der Waals surface area contributed by atoms with E-state index in [-0.39, 0.29) is 0 Å². The number of aromatic nitrogens is 2. The molecule has 1 N–H and O–H groups in total. The molecule has 0 atom stereocenters. The van der Waals surface area contributed by atoms with E-state index in [1.54, 1.807) is 6.20 Å². The van der Waals surface area contributed by atoms with Gasteiger partial charge in [-0.25, -0.2) is 4.39 Å². The molecule has 0 aliphatic rings. The Hall–Kier alpha value is -2.05. The summed E-state index contributed by atoms with van der Waals surface area (Å²) in [5.41, 5.74) is 1.15. The summed E-state index contributed by atoms with van der Waals surface area (Å²) in [6.45, 7) is -1.53. The zero-order valence-corrected chi connectivity index (χ0v) is 8.96. The van der Waals surface area contributed by atoms with Crippen LogP contribution < -0.4 is 4.74 Å². The number of halogens is 4. The smallest absolute Gasteiger partial charge is 0.422 e. The third-order valence-electron chi connectivity index (χ3n) is 2.15. The molecule has 1 aromatic carbocycles. The van der Waals surface area contributed by atoms with Crippen molar-refractivity contribution in [3.05, 3.63) is 36.4 Å². The van der Waals surface area contributed by atoms with Gasteiger partial charge in [0.25, 0.3) is 0 Å². The van der Waals surface area contributed by atoms with Crippen LogP contribution in [0.25, 0.3) is 11.1 Å². The summed E-state index contributed by atoms with van der Waals surface area (Å²) in [7, 11) is 0. The van der Waals surface area contributed by atoms with Crippen LogP contribution in [0.4, 0.5) is 17.6 Å². The van der Waals surface area contributed by atoms with E-state index in [0.29, 0.717) is 11.1 Å². The number of alkyl halides is 3. The molecule has 96 valence electrons. The zero-order chi connectivity index (χ0) is 13.2. The van der Waals surface area contributed by atoms with E-state index in [2.05, 4.69) is 14.9 Å². The van der Waals surface area contributed by atoms with Crippen LogP contribution in [0.3, 0.4) is 0 Å². The Balaban J connectivity index is 2.22. The van der Waals surface area contributed by atoms with Crippen LogP contribution >= 0.6 is 0 Å². The van der Waals surface area contributed by atoms with Gasteiger partial charge < -0.3 is 4.74 Å². The lowest BCUT2D eigenvalue weighted by Crippen LogP contribution is -2.19. The number of aromatic amines is 1. The molecule has 1 aromatic heterocycles. The first kappa shape index (κ1) is 12.4. The van der Waals surface area contributed by atoms with Crippen molar-refractivity contribution in [2.24, 2.45) is 0 Å². The Kier molecular flexibility index (Phi) is 3.22. The molecule has 0 saturated carbocycles. The standard InChI is InChI=1S/C11H8F4N2O/c12-9-2-1-7(8-4-16-17-5-8)3-10(9)18-6-11(13,14)15/h1-5H,6H2,(H,16,17). The van der Waals surface area contributed by atoms with Crippen molar-refractivity contribution in [2.45, 2.75) is 6.18 Å². The van der Waals surface area contributed by atoms with Crippen LogP contribution in [0.1, 0.15) is 0 Å². The Morgan fingerprint density at radius 1 is 1.22 bits per heavy atom. The number of hydrogen-bond donors (Lipinski definition) is 1. The predicted octanol–water partition coefficient (Wildman–Crippen LogP) is 3.16. The van der Waals surface area contributed by atoms with Gasteiger partial charge in [0.1, 0.15) is 0 Å². The first-order valence-corrected chi connectivity index (χ1v) is 4.94. The van der Waals surface area contributed by atoms with Gasteiger partial charge in [0.2, 0.25) is 0 Å². The molecule has 0 unspecified atom stereocenters. The van der Waals surface area contributed by atoms with Gasteiger partial charge in [0.15, 0.2) is 18.2 Å². The van der Waals surface area contributed by atoms with Gasteiger partial charge in [-0.3, -0.25) is 5.10 Å². The average molecular weight is 260 g/mol. The Morgan fingerprint density at radius 3 is 2.61 bits per heavy atom. The second-order valence-corrected chi connectivity index (χ2v) is 3.54. The van der Waals surface area contributed by atoms with Crippen molar-refractivity contribution in [2.75, 3.05) is 6.61 Å². The van der Waals surface area contributed by atoms with E-state index in [1.807, 2.05) is 0 Å². The predicted molar refractivity (Wildman–Crippen MR) is 55.5 cm³/mol. The SMILES string of the molecule is Fc1ccc(-c2cn[nH]c2)cc1OCC(F)(F)F. The monoisotopic (exact) mass is 260 g/mol. The molecule has 7 heteroatoms. The van der Waals surface area contributed by atoms with Crippen molar-refractivity contribution in [1.82, 2.24) is 10.2 Å². The highest BCUT2D eigenvalue weighted by Crippen LogP contribution is 2.27. The van der Waals surface area contributed by atoms with Gasteiger partial charge in [-0.2, -0.15) is 18.3 Å². The van der Waals surface area contributed by atoms with Crippen molar-refractivity contribution in [1.29, 1.82) is 0 Å². The van der Waals surface area contributed by atoms with Gasteiger partial charge in [0.05, 0.1) is 6.20 Å². The zero-order valence-electron chi connectivity index (χ0n) is 8.96. The lowest BCUT2D eigenvalue weighted by Gasteiger charge is -2.10.